The minimum absolute atomic E-state index is 0.0344. The van der Waals surface area contributed by atoms with Crippen molar-refractivity contribution in [3.63, 3.8) is 0 Å². The van der Waals surface area contributed by atoms with Gasteiger partial charge in [0.25, 0.3) is 0 Å². The van der Waals surface area contributed by atoms with Crippen molar-refractivity contribution in [2.45, 2.75) is 12.8 Å². The van der Waals surface area contributed by atoms with Gasteiger partial charge in [0, 0.05) is 18.8 Å². The smallest absolute Gasteiger partial charge is 0.302 e. The van der Waals surface area contributed by atoms with Crippen molar-refractivity contribution in [2.24, 2.45) is 0 Å². The van der Waals surface area contributed by atoms with Gasteiger partial charge in [0.05, 0.1) is 11.4 Å². The van der Waals surface area contributed by atoms with E-state index in [4.69, 9.17) is 0 Å². The maximum absolute atomic E-state index is 13.9. The van der Waals surface area contributed by atoms with Crippen LogP contribution in [0.4, 0.5) is 21.9 Å². The minimum atomic E-state index is -0.0344. The molecule has 2 amide bonds. The van der Waals surface area contributed by atoms with E-state index in [9.17, 15) is 4.79 Å². The second kappa shape index (κ2) is 9.39. The molecule has 0 saturated carbocycles. The zero-order valence-corrected chi connectivity index (χ0v) is 16.7. The SMILES string of the molecule is O=C(N(CCN1CCCC1)c1ccccc1)N(c1ccccc1)c1ccccc1. The molecular formula is C25H27N3O. The normalized spacial score (nSPS) is 13.9. The van der Waals surface area contributed by atoms with Gasteiger partial charge in [-0.3, -0.25) is 9.80 Å². The van der Waals surface area contributed by atoms with Crippen molar-refractivity contribution in [3.8, 4) is 0 Å². The highest BCUT2D eigenvalue weighted by Gasteiger charge is 2.26. The largest absolute Gasteiger partial charge is 0.333 e. The maximum atomic E-state index is 13.9. The van der Waals surface area contributed by atoms with Gasteiger partial charge < -0.3 is 4.90 Å². The molecule has 0 aliphatic carbocycles. The van der Waals surface area contributed by atoms with Crippen LogP contribution in [0.5, 0.6) is 0 Å². The van der Waals surface area contributed by atoms with Crippen LogP contribution >= 0.6 is 0 Å². The fourth-order valence-corrected chi connectivity index (χ4v) is 3.84. The molecule has 1 fully saturated rings. The fourth-order valence-electron chi connectivity index (χ4n) is 3.84. The number of hydrogen-bond acceptors (Lipinski definition) is 2. The molecule has 0 aromatic heterocycles. The van der Waals surface area contributed by atoms with Gasteiger partial charge in [-0.15, -0.1) is 0 Å². The number of benzene rings is 3. The van der Waals surface area contributed by atoms with Crippen LogP contribution in [0.3, 0.4) is 0 Å². The lowest BCUT2D eigenvalue weighted by atomic mass is 10.2. The summed E-state index contributed by atoms with van der Waals surface area (Å²) in [6.07, 6.45) is 2.50. The van der Waals surface area contributed by atoms with Crippen LogP contribution in [0.2, 0.25) is 0 Å². The van der Waals surface area contributed by atoms with Crippen LogP contribution in [0, 0.1) is 0 Å². The molecule has 0 unspecified atom stereocenters. The number of carbonyl (C=O) groups is 1. The van der Waals surface area contributed by atoms with Crippen LogP contribution < -0.4 is 9.80 Å². The van der Waals surface area contributed by atoms with Gasteiger partial charge in [-0.25, -0.2) is 4.79 Å². The van der Waals surface area contributed by atoms with Crippen LogP contribution in [-0.2, 0) is 0 Å². The summed E-state index contributed by atoms with van der Waals surface area (Å²) >= 11 is 0. The van der Waals surface area contributed by atoms with E-state index in [0.717, 1.165) is 36.7 Å². The van der Waals surface area contributed by atoms with Crippen molar-refractivity contribution >= 4 is 23.1 Å². The Morgan fingerprint density at radius 1 is 0.690 bits per heavy atom. The number of para-hydroxylation sites is 3. The standard InChI is InChI=1S/C25H27N3O/c29-25(28(23-14-6-2-7-15-23)24-16-8-3-9-17-24)27(22-12-4-1-5-13-22)21-20-26-18-10-11-19-26/h1-9,12-17H,10-11,18-21H2. The molecule has 0 atom stereocenters. The summed E-state index contributed by atoms with van der Waals surface area (Å²) in [6.45, 7) is 3.80. The summed E-state index contributed by atoms with van der Waals surface area (Å²) in [4.78, 5) is 20.0. The molecule has 1 saturated heterocycles. The zero-order chi connectivity index (χ0) is 19.9. The van der Waals surface area contributed by atoms with E-state index in [1.54, 1.807) is 4.90 Å². The van der Waals surface area contributed by atoms with Crippen molar-refractivity contribution in [3.05, 3.63) is 91.0 Å². The van der Waals surface area contributed by atoms with E-state index in [0.29, 0.717) is 6.54 Å². The first-order chi connectivity index (χ1) is 14.3. The fraction of sp³-hybridized carbons (Fsp3) is 0.240. The quantitative estimate of drug-likeness (QED) is 0.556. The molecule has 4 heteroatoms. The lowest BCUT2D eigenvalue weighted by molar-refractivity contribution is 0.252. The van der Waals surface area contributed by atoms with E-state index >= 15 is 0 Å². The Hall–Kier alpha value is -3.11. The second-order valence-corrected chi connectivity index (χ2v) is 7.33. The first-order valence-electron chi connectivity index (χ1n) is 10.3. The summed E-state index contributed by atoms with van der Waals surface area (Å²) in [5.74, 6) is 0. The molecule has 3 aromatic carbocycles. The van der Waals surface area contributed by atoms with Gasteiger partial charge >= 0.3 is 6.03 Å². The monoisotopic (exact) mass is 385 g/mol. The van der Waals surface area contributed by atoms with E-state index in [1.807, 2.05) is 95.9 Å². The molecule has 0 radical (unpaired) electrons. The predicted molar refractivity (Wildman–Crippen MR) is 120 cm³/mol. The lowest BCUT2D eigenvalue weighted by Gasteiger charge is -2.32. The first kappa shape index (κ1) is 19.2. The summed E-state index contributed by atoms with van der Waals surface area (Å²) in [6, 6.07) is 29.7. The molecule has 0 bridgehead atoms. The average Bonchev–Trinajstić information content (AvgIpc) is 3.30. The van der Waals surface area contributed by atoms with Gasteiger partial charge in [-0.1, -0.05) is 54.6 Å². The highest BCUT2D eigenvalue weighted by Crippen LogP contribution is 2.28. The number of amides is 2. The molecule has 148 valence electrons. The number of urea groups is 1. The maximum Gasteiger partial charge on any atom is 0.333 e. The van der Waals surface area contributed by atoms with Crippen molar-refractivity contribution < 1.29 is 4.79 Å². The van der Waals surface area contributed by atoms with Gasteiger partial charge in [0.1, 0.15) is 0 Å². The molecular weight excluding hydrogens is 358 g/mol. The van der Waals surface area contributed by atoms with Gasteiger partial charge in [-0.2, -0.15) is 0 Å². The molecule has 0 N–H and O–H groups in total. The Labute approximate surface area is 173 Å². The summed E-state index contributed by atoms with van der Waals surface area (Å²) in [5, 5.41) is 0. The topological polar surface area (TPSA) is 26.8 Å². The van der Waals surface area contributed by atoms with E-state index < -0.39 is 0 Å². The molecule has 4 nitrogen and oxygen atoms in total. The van der Waals surface area contributed by atoms with Crippen molar-refractivity contribution in [1.29, 1.82) is 0 Å². The van der Waals surface area contributed by atoms with E-state index in [1.165, 1.54) is 12.8 Å². The second-order valence-electron chi connectivity index (χ2n) is 7.33. The van der Waals surface area contributed by atoms with Crippen LogP contribution in [0.1, 0.15) is 12.8 Å². The van der Waals surface area contributed by atoms with Crippen molar-refractivity contribution in [1.82, 2.24) is 4.90 Å². The Bertz CT molecular complexity index is 854. The molecule has 1 aliphatic heterocycles. The average molecular weight is 386 g/mol. The number of anilines is 3. The molecule has 0 spiro atoms. The third-order valence-corrected chi connectivity index (χ3v) is 5.36. The third kappa shape index (κ3) is 4.66. The Kier molecular flexibility index (Phi) is 6.22. The Morgan fingerprint density at radius 3 is 1.62 bits per heavy atom. The lowest BCUT2D eigenvalue weighted by Crippen LogP contribution is -2.44. The first-order valence-corrected chi connectivity index (χ1v) is 10.3. The third-order valence-electron chi connectivity index (χ3n) is 5.36. The van der Waals surface area contributed by atoms with Crippen LogP contribution in [-0.4, -0.2) is 37.1 Å². The number of hydrogen-bond donors (Lipinski definition) is 0. The summed E-state index contributed by atoms with van der Waals surface area (Å²) in [7, 11) is 0. The number of rotatable bonds is 6. The van der Waals surface area contributed by atoms with Gasteiger partial charge in [0.15, 0.2) is 0 Å². The van der Waals surface area contributed by atoms with Crippen LogP contribution in [0.25, 0.3) is 0 Å². The summed E-state index contributed by atoms with van der Waals surface area (Å²) in [5.41, 5.74) is 2.66. The van der Waals surface area contributed by atoms with E-state index in [2.05, 4.69) is 4.90 Å². The molecule has 1 aliphatic rings. The molecule has 3 aromatic rings. The molecule has 4 rings (SSSR count). The number of nitrogens with zero attached hydrogens (tertiary/aromatic N) is 3. The van der Waals surface area contributed by atoms with E-state index in [-0.39, 0.29) is 6.03 Å². The zero-order valence-electron chi connectivity index (χ0n) is 16.7. The number of likely N-dealkylation sites (tertiary alicyclic amines) is 1. The highest BCUT2D eigenvalue weighted by atomic mass is 16.2. The molecule has 29 heavy (non-hydrogen) atoms. The van der Waals surface area contributed by atoms with Gasteiger partial charge in [0.2, 0.25) is 0 Å². The minimum Gasteiger partial charge on any atom is -0.302 e. The number of carbonyl (C=O) groups excluding carboxylic acids is 1. The van der Waals surface area contributed by atoms with Crippen molar-refractivity contribution in [2.75, 3.05) is 36.0 Å². The highest BCUT2D eigenvalue weighted by molar-refractivity contribution is 6.08. The summed E-state index contributed by atoms with van der Waals surface area (Å²) < 4.78 is 0. The molecule has 1 heterocycles. The Balaban J connectivity index is 1.67. The Morgan fingerprint density at radius 2 is 1.14 bits per heavy atom. The van der Waals surface area contributed by atoms with Gasteiger partial charge in [-0.05, 0) is 62.3 Å². The predicted octanol–water partition coefficient (Wildman–Crippen LogP) is 5.55. The van der Waals surface area contributed by atoms with Crippen LogP contribution in [0.15, 0.2) is 91.0 Å².